The van der Waals surface area contributed by atoms with E-state index in [2.05, 4.69) is 18.8 Å². The van der Waals surface area contributed by atoms with E-state index in [0.717, 1.165) is 18.8 Å². The minimum absolute atomic E-state index is 0.0945. The van der Waals surface area contributed by atoms with E-state index in [1.165, 1.54) is 6.42 Å². The molecule has 0 rings (SSSR count). The lowest BCUT2D eigenvalue weighted by molar-refractivity contribution is 0.232. The van der Waals surface area contributed by atoms with Crippen molar-refractivity contribution in [1.29, 1.82) is 0 Å². The van der Waals surface area contributed by atoms with Gasteiger partial charge in [0.2, 0.25) is 5.96 Å². The number of nitrogens with one attached hydrogen (secondary N) is 1. The lowest BCUT2D eigenvalue weighted by Gasteiger charge is -2.08. The molecule has 13 heavy (non-hydrogen) atoms. The summed E-state index contributed by atoms with van der Waals surface area (Å²) in [5, 5.41) is 8.39. The predicted molar refractivity (Wildman–Crippen MR) is 54.7 cm³/mol. The highest BCUT2D eigenvalue weighted by Crippen LogP contribution is 2.09. The van der Waals surface area contributed by atoms with Crippen LogP contribution >= 0.6 is 0 Å². The van der Waals surface area contributed by atoms with Crippen molar-refractivity contribution in [3.8, 4) is 0 Å². The second-order valence-corrected chi connectivity index (χ2v) is 3.80. The van der Waals surface area contributed by atoms with Gasteiger partial charge in [-0.05, 0) is 19.3 Å². The molecule has 1 unspecified atom stereocenters. The Balaban J connectivity index is 3.57. The average molecular weight is 187 g/mol. The van der Waals surface area contributed by atoms with Crippen LogP contribution in [0.1, 0.15) is 40.0 Å². The third-order valence-corrected chi connectivity index (χ3v) is 1.88. The normalized spacial score (nSPS) is 14.7. The molecule has 4 N–H and O–H groups in total. The number of nitrogens with two attached hydrogens (primary N) is 1. The molecule has 0 saturated carbocycles. The largest absolute Gasteiger partial charge is 0.368 e. The van der Waals surface area contributed by atoms with E-state index < -0.39 is 0 Å². The van der Waals surface area contributed by atoms with Gasteiger partial charge < -0.3 is 5.73 Å². The monoisotopic (exact) mass is 187 g/mol. The van der Waals surface area contributed by atoms with Crippen LogP contribution in [0.5, 0.6) is 0 Å². The maximum Gasteiger partial charge on any atom is 0.213 e. The van der Waals surface area contributed by atoms with Gasteiger partial charge in [-0.3, -0.25) is 5.21 Å². The van der Waals surface area contributed by atoms with Gasteiger partial charge in [-0.25, -0.2) is 10.5 Å². The van der Waals surface area contributed by atoms with Gasteiger partial charge >= 0.3 is 0 Å². The van der Waals surface area contributed by atoms with Crippen LogP contribution in [-0.4, -0.2) is 17.2 Å². The van der Waals surface area contributed by atoms with Gasteiger partial charge in [-0.2, -0.15) is 0 Å². The fourth-order valence-electron chi connectivity index (χ4n) is 1.15. The molecule has 0 aromatic heterocycles. The van der Waals surface area contributed by atoms with Crippen molar-refractivity contribution in [2.24, 2.45) is 16.6 Å². The van der Waals surface area contributed by atoms with Crippen molar-refractivity contribution in [2.75, 3.05) is 0 Å². The summed E-state index contributed by atoms with van der Waals surface area (Å²) in [6.45, 7) is 6.40. The third kappa shape index (κ3) is 7.59. The third-order valence-electron chi connectivity index (χ3n) is 1.88. The van der Waals surface area contributed by atoms with Crippen LogP contribution in [0.15, 0.2) is 4.99 Å². The van der Waals surface area contributed by atoms with Gasteiger partial charge in [0.25, 0.3) is 0 Å². The predicted octanol–water partition coefficient (Wildman–Crippen LogP) is 1.49. The number of rotatable bonds is 5. The van der Waals surface area contributed by atoms with Crippen LogP contribution in [0.2, 0.25) is 0 Å². The van der Waals surface area contributed by atoms with Crippen LogP contribution < -0.4 is 11.2 Å². The van der Waals surface area contributed by atoms with Gasteiger partial charge in [0.15, 0.2) is 0 Å². The minimum Gasteiger partial charge on any atom is -0.368 e. The summed E-state index contributed by atoms with van der Waals surface area (Å²) >= 11 is 0. The standard InChI is InChI=1S/C9H21N3O/c1-7(2)5-4-6-8(3)11-9(10)12-13/h7-8,13H,4-6H2,1-3H3,(H3,10,11,12). The Morgan fingerprint density at radius 2 is 2.00 bits per heavy atom. The zero-order chi connectivity index (χ0) is 10.3. The van der Waals surface area contributed by atoms with E-state index in [1.807, 2.05) is 12.4 Å². The molecule has 0 aromatic rings. The van der Waals surface area contributed by atoms with Gasteiger partial charge in [-0.1, -0.05) is 26.7 Å². The molecular formula is C9H21N3O. The van der Waals surface area contributed by atoms with Crippen molar-refractivity contribution in [3.63, 3.8) is 0 Å². The van der Waals surface area contributed by atoms with Crippen molar-refractivity contribution in [1.82, 2.24) is 5.48 Å². The Kier molecular flexibility index (Phi) is 6.32. The minimum atomic E-state index is 0.0945. The van der Waals surface area contributed by atoms with Crippen LogP contribution in [0, 0.1) is 5.92 Å². The van der Waals surface area contributed by atoms with E-state index in [0.29, 0.717) is 0 Å². The van der Waals surface area contributed by atoms with Gasteiger partial charge in [0.05, 0.1) is 6.04 Å². The molecule has 0 saturated heterocycles. The first-order valence-corrected chi connectivity index (χ1v) is 4.79. The topological polar surface area (TPSA) is 70.6 Å². The highest BCUT2D eigenvalue weighted by Gasteiger charge is 2.01. The van der Waals surface area contributed by atoms with Gasteiger partial charge in [0.1, 0.15) is 0 Å². The van der Waals surface area contributed by atoms with E-state index in [-0.39, 0.29) is 12.0 Å². The fourth-order valence-corrected chi connectivity index (χ4v) is 1.15. The van der Waals surface area contributed by atoms with Crippen molar-refractivity contribution < 1.29 is 5.21 Å². The highest BCUT2D eigenvalue weighted by molar-refractivity contribution is 5.76. The van der Waals surface area contributed by atoms with E-state index >= 15 is 0 Å². The lowest BCUT2D eigenvalue weighted by atomic mass is 10.0. The quantitative estimate of drug-likeness (QED) is 0.347. The summed E-state index contributed by atoms with van der Waals surface area (Å²) in [5.41, 5.74) is 7.12. The second kappa shape index (κ2) is 6.71. The van der Waals surface area contributed by atoms with E-state index in [9.17, 15) is 0 Å². The SMILES string of the molecule is CC(C)CCCC(C)N=C(N)NO. The number of hydroxylamine groups is 1. The summed E-state index contributed by atoms with van der Waals surface area (Å²) < 4.78 is 0. The Morgan fingerprint density at radius 3 is 2.46 bits per heavy atom. The molecule has 1 atom stereocenters. The van der Waals surface area contributed by atoms with Gasteiger partial charge in [0, 0.05) is 0 Å². The Labute approximate surface area is 80.2 Å². The summed E-state index contributed by atoms with van der Waals surface area (Å²) in [6.07, 6.45) is 3.38. The average Bonchev–Trinajstić information content (AvgIpc) is 2.03. The molecule has 0 aliphatic rings. The number of guanidine groups is 1. The van der Waals surface area contributed by atoms with Crippen LogP contribution in [-0.2, 0) is 0 Å². The van der Waals surface area contributed by atoms with Crippen LogP contribution in [0.3, 0.4) is 0 Å². The van der Waals surface area contributed by atoms with Crippen LogP contribution in [0.4, 0.5) is 0 Å². The molecule has 0 bridgehead atoms. The maximum atomic E-state index is 8.39. The molecule has 78 valence electrons. The fraction of sp³-hybridized carbons (Fsp3) is 0.889. The first-order valence-electron chi connectivity index (χ1n) is 4.79. The molecule has 0 radical (unpaired) electrons. The number of aliphatic imine (C=N–C) groups is 1. The molecule has 0 aliphatic carbocycles. The Hall–Kier alpha value is -0.770. The zero-order valence-electron chi connectivity index (χ0n) is 8.75. The number of hydrogen-bond acceptors (Lipinski definition) is 2. The first-order chi connectivity index (χ1) is 6.06. The van der Waals surface area contributed by atoms with Crippen molar-refractivity contribution in [3.05, 3.63) is 0 Å². The maximum absolute atomic E-state index is 8.39. The summed E-state index contributed by atoms with van der Waals surface area (Å²) in [6, 6.07) is 0.179. The summed E-state index contributed by atoms with van der Waals surface area (Å²) in [4.78, 5) is 4.03. The molecule has 4 heteroatoms. The zero-order valence-corrected chi connectivity index (χ0v) is 8.75. The number of hydrogen-bond donors (Lipinski definition) is 3. The first kappa shape index (κ1) is 12.2. The Morgan fingerprint density at radius 1 is 1.38 bits per heavy atom. The van der Waals surface area contributed by atoms with E-state index in [1.54, 1.807) is 0 Å². The van der Waals surface area contributed by atoms with E-state index in [4.69, 9.17) is 10.9 Å². The summed E-state index contributed by atoms with van der Waals surface area (Å²) in [5.74, 6) is 0.835. The summed E-state index contributed by atoms with van der Waals surface area (Å²) in [7, 11) is 0. The molecule has 0 fully saturated rings. The molecule has 0 heterocycles. The molecule has 0 amide bonds. The smallest absolute Gasteiger partial charge is 0.213 e. The highest BCUT2D eigenvalue weighted by atomic mass is 16.5. The van der Waals surface area contributed by atoms with Crippen molar-refractivity contribution >= 4 is 5.96 Å². The molecule has 4 nitrogen and oxygen atoms in total. The van der Waals surface area contributed by atoms with Crippen LogP contribution in [0.25, 0.3) is 0 Å². The van der Waals surface area contributed by atoms with Gasteiger partial charge in [-0.15, -0.1) is 0 Å². The molecule has 0 spiro atoms. The number of nitrogens with zero attached hydrogens (tertiary/aromatic N) is 1. The molecular weight excluding hydrogens is 166 g/mol. The Bertz CT molecular complexity index is 157. The molecule has 0 aliphatic heterocycles. The lowest BCUT2D eigenvalue weighted by Crippen LogP contribution is -2.29. The van der Waals surface area contributed by atoms with Crippen molar-refractivity contribution in [2.45, 2.75) is 46.1 Å². The molecule has 0 aromatic carbocycles. The second-order valence-electron chi connectivity index (χ2n) is 3.80.